The Labute approximate surface area is 48.9 Å². The maximum atomic E-state index is 2.35. The minimum atomic E-state index is 0.943. The molecule has 3 aliphatic rings. The van der Waals surface area contributed by atoms with Crippen molar-refractivity contribution in [1.82, 2.24) is 0 Å². The Morgan fingerprint density at radius 2 is 2.50 bits per heavy atom. The monoisotopic (exact) mass is 104 g/mol. The molecule has 8 heavy (non-hydrogen) atoms. The van der Waals surface area contributed by atoms with Crippen LogP contribution in [0.1, 0.15) is 12.8 Å². The highest BCUT2D eigenvalue weighted by Gasteiger charge is 2.46. The van der Waals surface area contributed by atoms with E-state index >= 15 is 0 Å². The van der Waals surface area contributed by atoms with Crippen LogP contribution in [0.5, 0.6) is 0 Å². The molecule has 1 fully saturated rings. The van der Waals surface area contributed by atoms with Gasteiger partial charge in [0.05, 0.1) is 0 Å². The van der Waals surface area contributed by atoms with Crippen LogP contribution in [0, 0.1) is 11.8 Å². The Morgan fingerprint density at radius 3 is 2.62 bits per heavy atom. The van der Waals surface area contributed by atoms with Crippen LogP contribution in [0.2, 0.25) is 0 Å². The van der Waals surface area contributed by atoms with Gasteiger partial charge in [-0.3, -0.25) is 0 Å². The van der Waals surface area contributed by atoms with Crippen LogP contribution < -0.4 is 0 Å². The molecule has 2 atom stereocenters. The van der Waals surface area contributed by atoms with Crippen molar-refractivity contribution in [1.29, 1.82) is 0 Å². The van der Waals surface area contributed by atoms with Crippen molar-refractivity contribution >= 4 is 0 Å². The molecule has 2 unspecified atom stereocenters. The summed E-state index contributed by atoms with van der Waals surface area (Å²) in [4.78, 5) is 0. The topological polar surface area (TPSA) is 0 Å². The van der Waals surface area contributed by atoms with Gasteiger partial charge in [0.25, 0.3) is 0 Å². The number of allylic oxidation sites excluding steroid dienone is 4. The van der Waals surface area contributed by atoms with E-state index in [2.05, 4.69) is 12.2 Å². The van der Waals surface area contributed by atoms with Crippen LogP contribution in [-0.2, 0) is 0 Å². The summed E-state index contributed by atoms with van der Waals surface area (Å²) >= 11 is 0. The van der Waals surface area contributed by atoms with E-state index in [4.69, 9.17) is 0 Å². The fraction of sp³-hybridized carbons (Fsp3) is 0.500. The van der Waals surface area contributed by atoms with Gasteiger partial charge in [0, 0.05) is 5.92 Å². The third-order valence-electron chi connectivity index (χ3n) is 2.82. The third kappa shape index (κ3) is 0.169. The molecular weight excluding hydrogens is 96.1 g/mol. The molecule has 0 N–H and O–H groups in total. The van der Waals surface area contributed by atoms with Crippen LogP contribution in [0.15, 0.2) is 23.3 Å². The van der Waals surface area contributed by atoms with E-state index in [-0.39, 0.29) is 0 Å². The third-order valence-corrected chi connectivity index (χ3v) is 2.82. The molecule has 3 rings (SSSR count). The lowest BCUT2D eigenvalue weighted by atomic mass is 9.53. The lowest BCUT2D eigenvalue weighted by Crippen LogP contribution is -2.39. The van der Waals surface area contributed by atoms with Crippen LogP contribution >= 0.6 is 0 Å². The van der Waals surface area contributed by atoms with Gasteiger partial charge in [-0.15, -0.1) is 0 Å². The first-order valence-electron chi connectivity index (χ1n) is 3.38. The second-order valence-electron chi connectivity index (χ2n) is 3.01. The van der Waals surface area contributed by atoms with Crippen molar-refractivity contribution in [3.8, 4) is 0 Å². The summed E-state index contributed by atoms with van der Waals surface area (Å²) in [6.07, 6.45) is 7.53. The average Bonchev–Trinajstić information content (AvgIpc) is 1.70. The van der Waals surface area contributed by atoms with E-state index < -0.39 is 0 Å². The quantitative estimate of drug-likeness (QED) is 0.440. The first kappa shape index (κ1) is 3.49. The molecule has 0 aromatic carbocycles. The summed E-state index contributed by atoms with van der Waals surface area (Å²) in [7, 11) is 0. The fourth-order valence-electron chi connectivity index (χ4n) is 2.09. The Kier molecular flexibility index (Phi) is 0.355. The van der Waals surface area contributed by atoms with Gasteiger partial charge in [-0.2, -0.15) is 0 Å². The summed E-state index contributed by atoms with van der Waals surface area (Å²) in [6, 6.07) is 0. The number of rotatable bonds is 0. The van der Waals surface area contributed by atoms with Crippen LogP contribution in [0.4, 0.5) is 0 Å². The molecule has 0 aromatic heterocycles. The van der Waals surface area contributed by atoms with Crippen LogP contribution in [-0.4, -0.2) is 0 Å². The highest BCUT2D eigenvalue weighted by molar-refractivity contribution is 5.53. The van der Waals surface area contributed by atoms with E-state index in [0.29, 0.717) is 0 Å². The van der Waals surface area contributed by atoms with Crippen molar-refractivity contribution < 1.29 is 0 Å². The summed E-state index contributed by atoms with van der Waals surface area (Å²) in [5, 5.41) is 0. The zero-order valence-electron chi connectivity index (χ0n) is 4.72. The molecule has 0 aliphatic heterocycles. The maximum absolute atomic E-state index is 2.35. The van der Waals surface area contributed by atoms with Crippen molar-refractivity contribution in [2.24, 2.45) is 11.8 Å². The second kappa shape index (κ2) is 0.812. The molecule has 1 saturated carbocycles. The van der Waals surface area contributed by atoms with Gasteiger partial charge in [-0.05, 0) is 24.3 Å². The predicted molar refractivity (Wildman–Crippen MR) is 32.4 cm³/mol. The summed E-state index contributed by atoms with van der Waals surface area (Å²) in [5.74, 6) is 1.98. The van der Waals surface area contributed by atoms with E-state index in [1.54, 1.807) is 11.1 Å². The number of fused-ring (bicyclic) bond motifs is 3. The SMILES string of the molecule is C1=CC2C1=C1CCC12. The normalized spacial score (nSPS) is 46.0. The molecule has 3 aliphatic carbocycles. The largest absolute Gasteiger partial charge is 0.0761 e. The van der Waals surface area contributed by atoms with Crippen LogP contribution in [0.25, 0.3) is 0 Å². The summed E-state index contributed by atoms with van der Waals surface area (Å²) in [6.45, 7) is 0. The van der Waals surface area contributed by atoms with Crippen molar-refractivity contribution in [2.75, 3.05) is 0 Å². The molecule has 0 bridgehead atoms. The van der Waals surface area contributed by atoms with Gasteiger partial charge in [-0.1, -0.05) is 17.7 Å². The molecule has 0 heterocycles. The van der Waals surface area contributed by atoms with Gasteiger partial charge >= 0.3 is 0 Å². The second-order valence-corrected chi connectivity index (χ2v) is 3.01. The Balaban J connectivity index is 2.21. The highest BCUT2D eigenvalue weighted by Crippen LogP contribution is 2.58. The Morgan fingerprint density at radius 1 is 1.50 bits per heavy atom. The minimum Gasteiger partial charge on any atom is -0.0761 e. The van der Waals surface area contributed by atoms with E-state index in [1.807, 2.05) is 0 Å². The van der Waals surface area contributed by atoms with Crippen molar-refractivity contribution in [3.63, 3.8) is 0 Å². The average molecular weight is 104 g/mol. The van der Waals surface area contributed by atoms with E-state index in [0.717, 1.165) is 11.8 Å². The lowest BCUT2D eigenvalue weighted by molar-refractivity contribution is 0.297. The molecule has 40 valence electrons. The number of hydrogen-bond acceptors (Lipinski definition) is 0. The van der Waals surface area contributed by atoms with Gasteiger partial charge in [-0.25, -0.2) is 0 Å². The molecule has 0 heteroatoms. The first-order chi connectivity index (χ1) is 3.97. The summed E-state index contributed by atoms with van der Waals surface area (Å²) < 4.78 is 0. The predicted octanol–water partition coefficient (Wildman–Crippen LogP) is 1.89. The molecular formula is C8H8. The molecule has 0 radical (unpaired) electrons. The molecule has 0 nitrogen and oxygen atoms in total. The molecule has 0 saturated heterocycles. The lowest BCUT2D eigenvalue weighted by Gasteiger charge is -2.51. The standard InChI is InChI=1S/C8H8/c1-2-6-5(1)7-3-4-8(6)7/h1-2,5,7H,3-4H2. The smallest absolute Gasteiger partial charge is 0.00865 e. The maximum Gasteiger partial charge on any atom is 0.00865 e. The Bertz CT molecular complexity index is 208. The van der Waals surface area contributed by atoms with E-state index in [9.17, 15) is 0 Å². The van der Waals surface area contributed by atoms with Gasteiger partial charge < -0.3 is 0 Å². The zero-order valence-corrected chi connectivity index (χ0v) is 4.72. The van der Waals surface area contributed by atoms with Gasteiger partial charge in [0.2, 0.25) is 0 Å². The minimum absolute atomic E-state index is 0.943. The van der Waals surface area contributed by atoms with Crippen LogP contribution in [0.3, 0.4) is 0 Å². The Hall–Kier alpha value is -0.520. The molecule has 0 spiro atoms. The van der Waals surface area contributed by atoms with Gasteiger partial charge in [0.1, 0.15) is 0 Å². The molecule has 0 aromatic rings. The summed E-state index contributed by atoms with van der Waals surface area (Å²) in [5.41, 5.74) is 3.48. The van der Waals surface area contributed by atoms with Crippen molar-refractivity contribution in [2.45, 2.75) is 12.8 Å². The first-order valence-corrected chi connectivity index (χ1v) is 3.38. The van der Waals surface area contributed by atoms with Gasteiger partial charge in [0.15, 0.2) is 0 Å². The number of hydrogen-bond donors (Lipinski definition) is 0. The van der Waals surface area contributed by atoms with E-state index in [1.165, 1.54) is 12.8 Å². The highest BCUT2D eigenvalue weighted by atomic mass is 14.5. The zero-order chi connectivity index (χ0) is 5.14. The van der Waals surface area contributed by atoms with Crippen molar-refractivity contribution in [3.05, 3.63) is 23.3 Å². The molecule has 0 amide bonds. The fourth-order valence-corrected chi connectivity index (χ4v) is 2.09.